The van der Waals surface area contributed by atoms with E-state index in [-0.39, 0.29) is 0 Å². The zero-order chi connectivity index (χ0) is 10.5. The van der Waals surface area contributed by atoms with E-state index < -0.39 is 0 Å². The van der Waals surface area contributed by atoms with Crippen molar-refractivity contribution in [2.75, 3.05) is 0 Å². The Morgan fingerprint density at radius 2 is 1.80 bits per heavy atom. The Hall–Kier alpha value is -1.63. The van der Waals surface area contributed by atoms with Crippen molar-refractivity contribution in [3.8, 4) is 0 Å². The fourth-order valence-electron chi connectivity index (χ4n) is 1.78. The SMILES string of the molecule is CCc1ccncc1Cc1ccccc1. The largest absolute Gasteiger partial charge is 0.264 e. The van der Waals surface area contributed by atoms with Crippen LogP contribution in [0.25, 0.3) is 0 Å². The summed E-state index contributed by atoms with van der Waals surface area (Å²) in [5.41, 5.74) is 4.08. The third-order valence-corrected chi connectivity index (χ3v) is 2.62. The van der Waals surface area contributed by atoms with Crippen LogP contribution in [0.1, 0.15) is 23.6 Å². The topological polar surface area (TPSA) is 12.9 Å². The molecular formula is C14H15N. The lowest BCUT2D eigenvalue weighted by Crippen LogP contribution is -1.95. The summed E-state index contributed by atoms with van der Waals surface area (Å²) in [6, 6.07) is 12.6. The summed E-state index contributed by atoms with van der Waals surface area (Å²) in [6.07, 6.45) is 5.90. The summed E-state index contributed by atoms with van der Waals surface area (Å²) in [6.45, 7) is 2.18. The van der Waals surface area contributed by atoms with Crippen molar-refractivity contribution in [1.29, 1.82) is 0 Å². The summed E-state index contributed by atoms with van der Waals surface area (Å²) in [5, 5.41) is 0. The van der Waals surface area contributed by atoms with Gasteiger partial charge in [0.2, 0.25) is 0 Å². The van der Waals surface area contributed by atoms with Gasteiger partial charge >= 0.3 is 0 Å². The minimum Gasteiger partial charge on any atom is -0.264 e. The zero-order valence-corrected chi connectivity index (χ0v) is 8.98. The Bertz CT molecular complexity index is 420. The van der Waals surface area contributed by atoms with Crippen molar-refractivity contribution < 1.29 is 0 Å². The second-order valence-corrected chi connectivity index (χ2v) is 3.66. The molecule has 1 heterocycles. The monoisotopic (exact) mass is 197 g/mol. The molecule has 0 unspecified atom stereocenters. The van der Waals surface area contributed by atoms with E-state index in [2.05, 4.69) is 42.2 Å². The van der Waals surface area contributed by atoms with E-state index in [0.717, 1.165) is 12.8 Å². The van der Waals surface area contributed by atoms with Crippen LogP contribution in [0.15, 0.2) is 48.8 Å². The molecule has 76 valence electrons. The van der Waals surface area contributed by atoms with Gasteiger partial charge in [0.25, 0.3) is 0 Å². The Labute approximate surface area is 90.8 Å². The first-order valence-electron chi connectivity index (χ1n) is 5.36. The predicted octanol–water partition coefficient (Wildman–Crippen LogP) is 3.23. The standard InChI is InChI=1S/C14H15N/c1-2-13-8-9-15-11-14(13)10-12-6-4-3-5-7-12/h3-9,11H,2,10H2,1H3. The molecular weight excluding hydrogens is 182 g/mol. The smallest absolute Gasteiger partial charge is 0.0305 e. The molecule has 0 fully saturated rings. The maximum absolute atomic E-state index is 4.19. The van der Waals surface area contributed by atoms with Gasteiger partial charge in [0.05, 0.1) is 0 Å². The van der Waals surface area contributed by atoms with E-state index in [4.69, 9.17) is 0 Å². The van der Waals surface area contributed by atoms with Crippen molar-refractivity contribution in [2.45, 2.75) is 19.8 Å². The number of benzene rings is 1. The molecule has 0 radical (unpaired) electrons. The second kappa shape index (κ2) is 4.74. The molecule has 15 heavy (non-hydrogen) atoms. The molecule has 0 aliphatic carbocycles. The molecule has 0 N–H and O–H groups in total. The highest BCUT2D eigenvalue weighted by Crippen LogP contribution is 2.13. The van der Waals surface area contributed by atoms with Gasteiger partial charge in [-0.3, -0.25) is 4.98 Å². The molecule has 1 aromatic carbocycles. The van der Waals surface area contributed by atoms with Crippen LogP contribution in [0, 0.1) is 0 Å². The predicted molar refractivity (Wildman–Crippen MR) is 62.9 cm³/mol. The number of pyridine rings is 1. The first-order valence-corrected chi connectivity index (χ1v) is 5.36. The van der Waals surface area contributed by atoms with Crippen molar-refractivity contribution in [3.05, 3.63) is 65.5 Å². The molecule has 1 heteroatoms. The van der Waals surface area contributed by atoms with Crippen LogP contribution in [0.4, 0.5) is 0 Å². The lowest BCUT2D eigenvalue weighted by molar-refractivity contribution is 1.03. The van der Waals surface area contributed by atoms with Gasteiger partial charge in [-0.05, 0) is 35.6 Å². The number of aryl methyl sites for hydroxylation is 1. The summed E-state index contributed by atoms with van der Waals surface area (Å²) in [5.74, 6) is 0. The number of nitrogens with zero attached hydrogens (tertiary/aromatic N) is 1. The zero-order valence-electron chi connectivity index (χ0n) is 8.98. The quantitative estimate of drug-likeness (QED) is 0.736. The van der Waals surface area contributed by atoms with Crippen LogP contribution in [-0.4, -0.2) is 4.98 Å². The van der Waals surface area contributed by atoms with Gasteiger partial charge in [-0.1, -0.05) is 37.3 Å². The Balaban J connectivity index is 2.24. The number of hydrogen-bond acceptors (Lipinski definition) is 1. The summed E-state index contributed by atoms with van der Waals surface area (Å²) >= 11 is 0. The lowest BCUT2D eigenvalue weighted by atomic mass is 10.0. The van der Waals surface area contributed by atoms with Crippen LogP contribution < -0.4 is 0 Å². The van der Waals surface area contributed by atoms with Gasteiger partial charge in [-0.25, -0.2) is 0 Å². The Kier molecular flexibility index (Phi) is 3.13. The Morgan fingerprint density at radius 3 is 2.53 bits per heavy atom. The summed E-state index contributed by atoms with van der Waals surface area (Å²) in [7, 11) is 0. The molecule has 0 saturated carbocycles. The minimum absolute atomic E-state index is 0.984. The van der Waals surface area contributed by atoms with Gasteiger partial charge in [0, 0.05) is 12.4 Å². The fraction of sp³-hybridized carbons (Fsp3) is 0.214. The van der Waals surface area contributed by atoms with Crippen LogP contribution in [0.2, 0.25) is 0 Å². The number of rotatable bonds is 3. The lowest BCUT2D eigenvalue weighted by Gasteiger charge is -2.06. The molecule has 1 aromatic heterocycles. The Morgan fingerprint density at radius 1 is 1.00 bits per heavy atom. The highest BCUT2D eigenvalue weighted by molar-refractivity contribution is 5.30. The van der Waals surface area contributed by atoms with E-state index in [1.165, 1.54) is 16.7 Å². The molecule has 0 atom stereocenters. The van der Waals surface area contributed by atoms with E-state index in [1.807, 2.05) is 18.5 Å². The molecule has 1 nitrogen and oxygen atoms in total. The minimum atomic E-state index is 0.984. The van der Waals surface area contributed by atoms with Gasteiger partial charge in [-0.15, -0.1) is 0 Å². The number of aromatic nitrogens is 1. The van der Waals surface area contributed by atoms with E-state index >= 15 is 0 Å². The highest BCUT2D eigenvalue weighted by atomic mass is 14.6. The van der Waals surface area contributed by atoms with E-state index in [9.17, 15) is 0 Å². The van der Waals surface area contributed by atoms with Crippen molar-refractivity contribution in [2.24, 2.45) is 0 Å². The van der Waals surface area contributed by atoms with Gasteiger partial charge in [0.15, 0.2) is 0 Å². The normalized spacial score (nSPS) is 10.2. The van der Waals surface area contributed by atoms with Crippen molar-refractivity contribution in [3.63, 3.8) is 0 Å². The maximum Gasteiger partial charge on any atom is 0.0305 e. The van der Waals surface area contributed by atoms with E-state index in [0.29, 0.717) is 0 Å². The van der Waals surface area contributed by atoms with Crippen LogP contribution in [-0.2, 0) is 12.8 Å². The second-order valence-electron chi connectivity index (χ2n) is 3.66. The van der Waals surface area contributed by atoms with Gasteiger partial charge < -0.3 is 0 Å². The molecule has 0 spiro atoms. The fourth-order valence-corrected chi connectivity index (χ4v) is 1.78. The first-order chi connectivity index (χ1) is 7.40. The van der Waals surface area contributed by atoms with Crippen molar-refractivity contribution >= 4 is 0 Å². The molecule has 0 aliphatic heterocycles. The average molecular weight is 197 g/mol. The van der Waals surface area contributed by atoms with Crippen LogP contribution in [0.3, 0.4) is 0 Å². The van der Waals surface area contributed by atoms with Crippen LogP contribution >= 0.6 is 0 Å². The van der Waals surface area contributed by atoms with Gasteiger partial charge in [0.1, 0.15) is 0 Å². The molecule has 0 bridgehead atoms. The van der Waals surface area contributed by atoms with Crippen LogP contribution in [0.5, 0.6) is 0 Å². The molecule has 2 rings (SSSR count). The molecule has 0 saturated heterocycles. The third-order valence-electron chi connectivity index (χ3n) is 2.62. The average Bonchev–Trinajstić information content (AvgIpc) is 2.31. The first kappa shape index (κ1) is 9.91. The molecule has 0 amide bonds. The number of hydrogen-bond donors (Lipinski definition) is 0. The molecule has 2 aromatic rings. The third kappa shape index (κ3) is 2.44. The maximum atomic E-state index is 4.19. The molecule has 0 aliphatic rings. The van der Waals surface area contributed by atoms with Gasteiger partial charge in [-0.2, -0.15) is 0 Å². The van der Waals surface area contributed by atoms with E-state index in [1.54, 1.807) is 0 Å². The summed E-state index contributed by atoms with van der Waals surface area (Å²) in [4.78, 5) is 4.19. The summed E-state index contributed by atoms with van der Waals surface area (Å²) < 4.78 is 0. The highest BCUT2D eigenvalue weighted by Gasteiger charge is 2.00. The van der Waals surface area contributed by atoms with Crippen molar-refractivity contribution in [1.82, 2.24) is 4.98 Å².